The van der Waals surface area contributed by atoms with Crippen molar-refractivity contribution in [3.8, 4) is 0 Å². The van der Waals surface area contributed by atoms with Crippen molar-refractivity contribution in [1.29, 1.82) is 0 Å². The average Bonchev–Trinajstić information content (AvgIpc) is 2.68. The summed E-state index contributed by atoms with van der Waals surface area (Å²) in [5, 5.41) is 6.87. The number of para-hydroxylation sites is 2. The molecule has 3 N–H and O–H groups in total. The SMILES string of the molecule is O=C(CCc1nc2ccccc2[nH]c1=O)N[C@H]1CC[C@H]1NC1CCCCC1. The third kappa shape index (κ3) is 4.38. The molecule has 2 fully saturated rings. The molecule has 4 rings (SSSR count). The fourth-order valence-corrected chi connectivity index (χ4v) is 4.19. The van der Waals surface area contributed by atoms with Gasteiger partial charge >= 0.3 is 0 Å². The molecule has 2 aromatic rings. The third-order valence-corrected chi connectivity index (χ3v) is 5.93. The minimum absolute atomic E-state index is 0.00417. The highest BCUT2D eigenvalue weighted by Gasteiger charge is 2.33. The Balaban J connectivity index is 1.28. The number of benzene rings is 1. The number of aromatic nitrogens is 2. The third-order valence-electron chi connectivity index (χ3n) is 5.93. The zero-order valence-electron chi connectivity index (χ0n) is 15.7. The van der Waals surface area contributed by atoms with Crippen molar-refractivity contribution >= 4 is 16.9 Å². The van der Waals surface area contributed by atoms with Crippen molar-refractivity contribution in [1.82, 2.24) is 20.6 Å². The quantitative estimate of drug-likeness (QED) is 0.731. The molecule has 27 heavy (non-hydrogen) atoms. The van der Waals surface area contributed by atoms with Crippen molar-refractivity contribution in [2.24, 2.45) is 0 Å². The maximum Gasteiger partial charge on any atom is 0.270 e. The van der Waals surface area contributed by atoms with Gasteiger partial charge in [0, 0.05) is 31.0 Å². The smallest absolute Gasteiger partial charge is 0.270 e. The van der Waals surface area contributed by atoms with Gasteiger partial charge in [0.15, 0.2) is 0 Å². The molecular formula is C21H28N4O2. The van der Waals surface area contributed by atoms with Crippen LogP contribution in [0, 0.1) is 0 Å². The number of amides is 1. The highest BCUT2D eigenvalue weighted by Crippen LogP contribution is 2.24. The number of H-pyrrole nitrogens is 1. The number of hydrogen-bond donors (Lipinski definition) is 3. The van der Waals surface area contributed by atoms with E-state index in [-0.39, 0.29) is 17.5 Å². The van der Waals surface area contributed by atoms with E-state index in [1.165, 1.54) is 32.1 Å². The Labute approximate surface area is 159 Å². The summed E-state index contributed by atoms with van der Waals surface area (Å²) in [5.41, 5.74) is 1.70. The normalized spacial score (nSPS) is 23.1. The van der Waals surface area contributed by atoms with Gasteiger partial charge in [-0.3, -0.25) is 9.59 Å². The standard InChI is InChI=1S/C21H28N4O2/c26-20(24-18-11-10-17(18)22-14-6-2-1-3-7-14)13-12-19-21(27)25-16-9-5-4-8-15(16)23-19/h4-5,8-9,14,17-18,22H,1-3,6-7,10-13H2,(H,24,26)(H,25,27)/t17-,18+/m1/s1. The second-order valence-corrected chi connectivity index (χ2v) is 7.89. The van der Waals surface area contributed by atoms with E-state index in [0.717, 1.165) is 23.9 Å². The molecule has 2 atom stereocenters. The topological polar surface area (TPSA) is 86.9 Å². The lowest BCUT2D eigenvalue weighted by molar-refractivity contribution is -0.122. The summed E-state index contributed by atoms with van der Waals surface area (Å²) in [4.78, 5) is 31.8. The molecule has 2 aliphatic rings. The van der Waals surface area contributed by atoms with Crippen molar-refractivity contribution < 1.29 is 4.79 Å². The number of carbonyl (C=O) groups excluding carboxylic acids is 1. The van der Waals surface area contributed by atoms with Crippen LogP contribution in [0.2, 0.25) is 0 Å². The lowest BCUT2D eigenvalue weighted by Gasteiger charge is -2.41. The summed E-state index contributed by atoms with van der Waals surface area (Å²) in [7, 11) is 0. The van der Waals surface area contributed by atoms with Crippen LogP contribution in [0.15, 0.2) is 29.1 Å². The first-order valence-corrected chi connectivity index (χ1v) is 10.2. The fourth-order valence-electron chi connectivity index (χ4n) is 4.19. The Morgan fingerprint density at radius 1 is 1.07 bits per heavy atom. The van der Waals surface area contributed by atoms with Crippen molar-refractivity contribution in [2.75, 3.05) is 0 Å². The number of hydrogen-bond acceptors (Lipinski definition) is 4. The van der Waals surface area contributed by atoms with Gasteiger partial charge in [-0.15, -0.1) is 0 Å². The molecule has 0 radical (unpaired) electrons. The molecular weight excluding hydrogens is 340 g/mol. The first-order valence-electron chi connectivity index (χ1n) is 10.2. The number of rotatable bonds is 6. The monoisotopic (exact) mass is 368 g/mol. The van der Waals surface area contributed by atoms with E-state index < -0.39 is 0 Å². The first kappa shape index (κ1) is 18.2. The molecule has 2 saturated carbocycles. The van der Waals surface area contributed by atoms with E-state index >= 15 is 0 Å². The van der Waals surface area contributed by atoms with E-state index in [9.17, 15) is 9.59 Å². The van der Waals surface area contributed by atoms with Crippen LogP contribution in [0.5, 0.6) is 0 Å². The Morgan fingerprint density at radius 2 is 1.85 bits per heavy atom. The van der Waals surface area contributed by atoms with Crippen LogP contribution in [0.3, 0.4) is 0 Å². The van der Waals surface area contributed by atoms with Gasteiger partial charge in [-0.25, -0.2) is 4.98 Å². The number of aryl methyl sites for hydroxylation is 1. The summed E-state index contributed by atoms with van der Waals surface area (Å²) >= 11 is 0. The maximum atomic E-state index is 12.4. The molecule has 0 bridgehead atoms. The van der Waals surface area contributed by atoms with Gasteiger partial charge in [-0.05, 0) is 37.8 Å². The lowest BCUT2D eigenvalue weighted by Crippen LogP contribution is -2.59. The average molecular weight is 368 g/mol. The molecule has 0 aliphatic heterocycles. The molecule has 1 heterocycles. The number of aromatic amines is 1. The van der Waals surface area contributed by atoms with E-state index in [1.807, 2.05) is 24.3 Å². The fraction of sp³-hybridized carbons (Fsp3) is 0.571. The predicted octanol–water partition coefficient (Wildman–Crippen LogP) is 2.43. The number of carbonyl (C=O) groups is 1. The minimum Gasteiger partial charge on any atom is -0.352 e. The van der Waals surface area contributed by atoms with Crippen molar-refractivity contribution in [3.63, 3.8) is 0 Å². The van der Waals surface area contributed by atoms with Crippen molar-refractivity contribution in [2.45, 2.75) is 75.9 Å². The summed E-state index contributed by atoms with van der Waals surface area (Å²) in [5.74, 6) is 0.00417. The summed E-state index contributed by atoms with van der Waals surface area (Å²) in [6.45, 7) is 0. The molecule has 2 aliphatic carbocycles. The predicted molar refractivity (Wildman–Crippen MR) is 106 cm³/mol. The van der Waals surface area contributed by atoms with Crippen LogP contribution >= 0.6 is 0 Å². The van der Waals surface area contributed by atoms with E-state index in [2.05, 4.69) is 20.6 Å². The molecule has 0 spiro atoms. The zero-order valence-corrected chi connectivity index (χ0v) is 15.7. The Bertz CT molecular complexity index is 857. The van der Waals surface area contributed by atoms with Gasteiger partial charge in [-0.1, -0.05) is 31.4 Å². The van der Waals surface area contributed by atoms with Crippen LogP contribution in [-0.4, -0.2) is 34.0 Å². The number of nitrogens with zero attached hydrogens (tertiary/aromatic N) is 1. The van der Waals surface area contributed by atoms with Gasteiger partial charge < -0.3 is 15.6 Å². The van der Waals surface area contributed by atoms with Crippen LogP contribution in [0.25, 0.3) is 11.0 Å². The molecule has 0 saturated heterocycles. The number of fused-ring (bicyclic) bond motifs is 1. The van der Waals surface area contributed by atoms with E-state index in [0.29, 0.717) is 30.6 Å². The summed E-state index contributed by atoms with van der Waals surface area (Å²) in [6, 6.07) is 8.69. The summed E-state index contributed by atoms with van der Waals surface area (Å²) < 4.78 is 0. The molecule has 0 unspecified atom stereocenters. The molecule has 1 aromatic heterocycles. The molecule has 6 nitrogen and oxygen atoms in total. The minimum atomic E-state index is -0.206. The molecule has 1 aromatic carbocycles. The van der Waals surface area contributed by atoms with E-state index in [4.69, 9.17) is 0 Å². The van der Waals surface area contributed by atoms with Crippen LogP contribution < -0.4 is 16.2 Å². The Hall–Kier alpha value is -2.21. The first-order chi connectivity index (χ1) is 13.2. The molecule has 6 heteroatoms. The molecule has 1 amide bonds. The summed E-state index contributed by atoms with van der Waals surface area (Å²) in [6.07, 6.45) is 9.31. The van der Waals surface area contributed by atoms with Crippen LogP contribution in [0.4, 0.5) is 0 Å². The largest absolute Gasteiger partial charge is 0.352 e. The molecule has 144 valence electrons. The van der Waals surface area contributed by atoms with Gasteiger partial charge in [0.2, 0.25) is 5.91 Å². The van der Waals surface area contributed by atoms with Crippen LogP contribution in [-0.2, 0) is 11.2 Å². The second-order valence-electron chi connectivity index (χ2n) is 7.89. The van der Waals surface area contributed by atoms with Gasteiger partial charge in [0.1, 0.15) is 5.69 Å². The van der Waals surface area contributed by atoms with E-state index in [1.54, 1.807) is 0 Å². The van der Waals surface area contributed by atoms with Crippen molar-refractivity contribution in [3.05, 3.63) is 40.3 Å². The second kappa shape index (κ2) is 8.21. The Morgan fingerprint density at radius 3 is 2.63 bits per heavy atom. The van der Waals surface area contributed by atoms with Crippen LogP contribution in [0.1, 0.15) is 57.1 Å². The lowest BCUT2D eigenvalue weighted by atomic mass is 9.84. The highest BCUT2D eigenvalue weighted by atomic mass is 16.1. The Kier molecular flexibility index (Phi) is 5.53. The van der Waals surface area contributed by atoms with Gasteiger partial charge in [0.05, 0.1) is 11.0 Å². The maximum absolute atomic E-state index is 12.4. The zero-order chi connectivity index (χ0) is 18.6. The van der Waals surface area contributed by atoms with Gasteiger partial charge in [0.25, 0.3) is 5.56 Å². The highest BCUT2D eigenvalue weighted by molar-refractivity contribution is 5.77. The number of nitrogens with one attached hydrogen (secondary N) is 3. The van der Waals surface area contributed by atoms with Gasteiger partial charge in [-0.2, -0.15) is 0 Å².